The predicted octanol–water partition coefficient (Wildman–Crippen LogP) is 1.66. The van der Waals surface area contributed by atoms with Crippen LogP contribution in [0.5, 0.6) is 0 Å². The molecule has 1 aliphatic heterocycles. The van der Waals surface area contributed by atoms with Crippen LogP contribution in [0.2, 0.25) is 0 Å². The number of benzene rings is 1. The predicted molar refractivity (Wildman–Crippen MR) is 91.1 cm³/mol. The quantitative estimate of drug-likeness (QED) is 0.907. The minimum Gasteiger partial charge on any atom is -0.366 e. The fourth-order valence-electron chi connectivity index (χ4n) is 2.83. The number of halogens is 1. The van der Waals surface area contributed by atoms with Gasteiger partial charge in [0.15, 0.2) is 0 Å². The Morgan fingerprint density at radius 1 is 1.12 bits per heavy atom. The molecule has 1 aromatic heterocycles. The molecule has 1 fully saturated rings. The fourth-order valence-corrected chi connectivity index (χ4v) is 2.83. The van der Waals surface area contributed by atoms with E-state index in [9.17, 15) is 9.18 Å². The summed E-state index contributed by atoms with van der Waals surface area (Å²) in [5.74, 6) is -0.137. The Morgan fingerprint density at radius 2 is 1.92 bits per heavy atom. The number of rotatable bonds is 5. The second-order valence-electron chi connectivity index (χ2n) is 5.78. The van der Waals surface area contributed by atoms with Crippen molar-refractivity contribution in [3.8, 4) is 0 Å². The zero-order chi connectivity index (χ0) is 16.8. The van der Waals surface area contributed by atoms with E-state index in [0.717, 1.165) is 5.56 Å². The Bertz CT molecular complexity index is 672. The summed E-state index contributed by atoms with van der Waals surface area (Å²) in [5.41, 5.74) is 1.66. The van der Waals surface area contributed by atoms with Crippen molar-refractivity contribution in [3.63, 3.8) is 0 Å². The molecule has 1 aromatic carbocycles. The van der Waals surface area contributed by atoms with Crippen molar-refractivity contribution in [2.24, 2.45) is 0 Å². The molecule has 5 nitrogen and oxygen atoms in total. The molecule has 0 bridgehead atoms. The summed E-state index contributed by atoms with van der Waals surface area (Å²) in [5, 5.41) is 3.15. The Hall–Kier alpha value is -2.47. The first-order chi connectivity index (χ1) is 11.7. The molecule has 1 saturated heterocycles. The van der Waals surface area contributed by atoms with Crippen LogP contribution in [-0.2, 0) is 11.3 Å². The minimum atomic E-state index is -0.213. The van der Waals surface area contributed by atoms with Crippen LogP contribution in [0, 0.1) is 5.82 Å². The van der Waals surface area contributed by atoms with Crippen LogP contribution in [0.15, 0.2) is 48.8 Å². The Balaban J connectivity index is 1.44. The molecule has 126 valence electrons. The van der Waals surface area contributed by atoms with Gasteiger partial charge >= 0.3 is 0 Å². The van der Waals surface area contributed by atoms with E-state index in [-0.39, 0.29) is 11.7 Å². The van der Waals surface area contributed by atoms with Gasteiger partial charge in [-0.05, 0) is 23.8 Å². The van der Waals surface area contributed by atoms with Crippen LogP contribution in [-0.4, -0.2) is 48.5 Å². The number of hydrogen-bond acceptors (Lipinski definition) is 4. The number of anilines is 1. The first-order valence-electron chi connectivity index (χ1n) is 8.11. The van der Waals surface area contributed by atoms with Gasteiger partial charge in [0, 0.05) is 45.1 Å². The van der Waals surface area contributed by atoms with E-state index in [1.54, 1.807) is 24.5 Å². The molecule has 0 unspecified atom stereocenters. The molecule has 0 atom stereocenters. The molecule has 2 aromatic rings. The fraction of sp³-hybridized carbons (Fsp3) is 0.333. The Labute approximate surface area is 141 Å². The van der Waals surface area contributed by atoms with Crippen LogP contribution in [0.4, 0.5) is 10.1 Å². The number of carbonyl (C=O) groups is 1. The number of nitrogens with zero attached hydrogens (tertiary/aromatic N) is 3. The first kappa shape index (κ1) is 16.4. The summed E-state index contributed by atoms with van der Waals surface area (Å²) in [4.78, 5) is 20.1. The molecule has 24 heavy (non-hydrogen) atoms. The lowest BCUT2D eigenvalue weighted by molar-refractivity contribution is -0.130. The van der Waals surface area contributed by atoms with Crippen LogP contribution >= 0.6 is 0 Å². The zero-order valence-electron chi connectivity index (χ0n) is 13.5. The molecule has 0 radical (unpaired) electrons. The largest absolute Gasteiger partial charge is 0.366 e. The summed E-state index contributed by atoms with van der Waals surface area (Å²) in [6.07, 6.45) is 3.51. The van der Waals surface area contributed by atoms with Crippen LogP contribution < -0.4 is 10.2 Å². The van der Waals surface area contributed by atoms with Crippen molar-refractivity contribution in [2.75, 3.05) is 37.6 Å². The lowest BCUT2D eigenvalue weighted by Crippen LogP contribution is -2.51. The maximum Gasteiger partial charge on any atom is 0.236 e. The normalized spacial score (nSPS) is 14.7. The molecule has 2 heterocycles. The van der Waals surface area contributed by atoms with Gasteiger partial charge in [-0.25, -0.2) is 4.39 Å². The van der Waals surface area contributed by atoms with Gasteiger partial charge in [-0.1, -0.05) is 18.2 Å². The Kier molecular flexibility index (Phi) is 5.38. The van der Waals surface area contributed by atoms with Crippen molar-refractivity contribution in [2.45, 2.75) is 6.54 Å². The van der Waals surface area contributed by atoms with Crippen LogP contribution in [0.25, 0.3) is 0 Å². The highest BCUT2D eigenvalue weighted by Gasteiger charge is 2.22. The number of amides is 1. The second-order valence-corrected chi connectivity index (χ2v) is 5.78. The van der Waals surface area contributed by atoms with Crippen molar-refractivity contribution in [1.29, 1.82) is 0 Å². The third-order valence-corrected chi connectivity index (χ3v) is 4.15. The molecule has 0 saturated carbocycles. The van der Waals surface area contributed by atoms with Crippen LogP contribution in [0.1, 0.15) is 5.56 Å². The van der Waals surface area contributed by atoms with Gasteiger partial charge in [0.1, 0.15) is 5.82 Å². The van der Waals surface area contributed by atoms with Gasteiger partial charge in [-0.2, -0.15) is 0 Å². The topological polar surface area (TPSA) is 48.5 Å². The molecular weight excluding hydrogens is 307 g/mol. The molecule has 6 heteroatoms. The van der Waals surface area contributed by atoms with Crippen molar-refractivity contribution in [3.05, 3.63) is 60.2 Å². The summed E-state index contributed by atoms with van der Waals surface area (Å²) < 4.78 is 13.8. The van der Waals surface area contributed by atoms with E-state index in [2.05, 4.69) is 10.3 Å². The number of pyridine rings is 1. The molecule has 0 spiro atoms. The maximum atomic E-state index is 13.8. The van der Waals surface area contributed by atoms with Gasteiger partial charge in [0.25, 0.3) is 0 Å². The molecule has 3 rings (SSSR count). The first-order valence-corrected chi connectivity index (χ1v) is 8.11. The molecule has 1 amide bonds. The van der Waals surface area contributed by atoms with Gasteiger partial charge in [-0.15, -0.1) is 0 Å². The average Bonchev–Trinajstić information content (AvgIpc) is 2.63. The van der Waals surface area contributed by atoms with Crippen molar-refractivity contribution in [1.82, 2.24) is 15.2 Å². The molecular formula is C18H21FN4O. The number of nitrogens with one attached hydrogen (secondary N) is 1. The van der Waals surface area contributed by atoms with Gasteiger partial charge in [0.2, 0.25) is 5.91 Å². The number of piperazine rings is 1. The lowest BCUT2D eigenvalue weighted by atomic mass is 10.2. The highest BCUT2D eigenvalue weighted by Crippen LogP contribution is 2.20. The van der Waals surface area contributed by atoms with Crippen LogP contribution in [0.3, 0.4) is 0 Å². The monoisotopic (exact) mass is 328 g/mol. The standard InChI is InChI=1S/C18H21FN4O/c19-16-5-1-2-6-17(16)22-8-10-23(11-9-22)18(24)14-21-13-15-4-3-7-20-12-15/h1-7,12,21H,8-11,13-14H2. The number of carbonyl (C=O) groups excluding carboxylic acids is 1. The van der Waals surface area contributed by atoms with E-state index in [0.29, 0.717) is 45.0 Å². The van der Waals surface area contributed by atoms with Gasteiger partial charge < -0.3 is 15.1 Å². The average molecular weight is 328 g/mol. The van der Waals surface area contributed by atoms with Gasteiger partial charge in [0.05, 0.1) is 12.2 Å². The van der Waals surface area contributed by atoms with Crippen molar-refractivity contribution < 1.29 is 9.18 Å². The summed E-state index contributed by atoms with van der Waals surface area (Å²) in [6, 6.07) is 10.6. The van der Waals surface area contributed by atoms with E-state index < -0.39 is 0 Å². The van der Waals surface area contributed by atoms with E-state index >= 15 is 0 Å². The molecule has 0 aliphatic carbocycles. The lowest BCUT2D eigenvalue weighted by Gasteiger charge is -2.36. The highest BCUT2D eigenvalue weighted by molar-refractivity contribution is 5.78. The van der Waals surface area contributed by atoms with Crippen molar-refractivity contribution >= 4 is 11.6 Å². The summed E-state index contributed by atoms with van der Waals surface area (Å²) >= 11 is 0. The zero-order valence-corrected chi connectivity index (χ0v) is 13.5. The summed E-state index contributed by atoms with van der Waals surface area (Å²) in [6.45, 7) is 3.44. The van der Waals surface area contributed by atoms with E-state index in [1.165, 1.54) is 6.07 Å². The molecule has 1 N–H and O–H groups in total. The summed E-state index contributed by atoms with van der Waals surface area (Å²) in [7, 11) is 0. The minimum absolute atomic E-state index is 0.0760. The third kappa shape index (κ3) is 4.08. The third-order valence-electron chi connectivity index (χ3n) is 4.15. The van der Waals surface area contributed by atoms with Gasteiger partial charge in [-0.3, -0.25) is 9.78 Å². The highest BCUT2D eigenvalue weighted by atomic mass is 19.1. The Morgan fingerprint density at radius 3 is 2.62 bits per heavy atom. The maximum absolute atomic E-state index is 13.8. The SMILES string of the molecule is O=C(CNCc1cccnc1)N1CCN(c2ccccc2F)CC1. The second kappa shape index (κ2) is 7.88. The number of aromatic nitrogens is 1. The number of hydrogen-bond donors (Lipinski definition) is 1. The number of para-hydroxylation sites is 1. The van der Waals surface area contributed by atoms with E-state index in [1.807, 2.05) is 28.0 Å². The molecule has 1 aliphatic rings. The smallest absolute Gasteiger partial charge is 0.236 e. The van der Waals surface area contributed by atoms with E-state index in [4.69, 9.17) is 0 Å².